The van der Waals surface area contributed by atoms with Gasteiger partial charge >= 0.3 is 0 Å². The van der Waals surface area contributed by atoms with E-state index in [1.54, 1.807) is 6.20 Å². The number of amides is 2. The average molecular weight is 388 g/mol. The van der Waals surface area contributed by atoms with Gasteiger partial charge in [-0.2, -0.15) is 0 Å². The van der Waals surface area contributed by atoms with Gasteiger partial charge in [0.2, 0.25) is 11.8 Å². The topological polar surface area (TPSA) is 70.5 Å². The number of aromatic nitrogens is 2. The van der Waals surface area contributed by atoms with Crippen LogP contribution in [0.2, 0.25) is 0 Å². The van der Waals surface area contributed by atoms with Crippen molar-refractivity contribution in [1.82, 2.24) is 24.7 Å². The summed E-state index contributed by atoms with van der Waals surface area (Å²) in [7, 11) is 0. The van der Waals surface area contributed by atoms with Crippen LogP contribution in [-0.4, -0.2) is 69.9 Å². The number of nitrogens with zero attached hydrogens (tertiary/aromatic N) is 4. The second kappa shape index (κ2) is 9.07. The van der Waals surface area contributed by atoms with E-state index in [1.807, 2.05) is 17.1 Å². The monoisotopic (exact) mass is 387 g/mol. The van der Waals surface area contributed by atoms with Crippen LogP contribution in [0, 0.1) is 11.8 Å². The van der Waals surface area contributed by atoms with Gasteiger partial charge in [-0.3, -0.25) is 14.5 Å². The van der Waals surface area contributed by atoms with E-state index in [1.165, 1.54) is 0 Å². The lowest BCUT2D eigenvalue weighted by atomic mass is 9.93. The van der Waals surface area contributed by atoms with Crippen molar-refractivity contribution in [2.45, 2.75) is 57.5 Å². The van der Waals surface area contributed by atoms with Crippen LogP contribution in [0.3, 0.4) is 0 Å². The summed E-state index contributed by atoms with van der Waals surface area (Å²) in [6, 6.07) is 0.528. The molecule has 0 bridgehead atoms. The van der Waals surface area contributed by atoms with Crippen LogP contribution in [-0.2, 0) is 16.1 Å². The van der Waals surface area contributed by atoms with Gasteiger partial charge in [-0.25, -0.2) is 4.98 Å². The minimum Gasteiger partial charge on any atom is -0.356 e. The quantitative estimate of drug-likeness (QED) is 0.720. The van der Waals surface area contributed by atoms with Gasteiger partial charge in [0.15, 0.2) is 0 Å². The van der Waals surface area contributed by atoms with Gasteiger partial charge in [-0.1, -0.05) is 0 Å². The van der Waals surface area contributed by atoms with E-state index < -0.39 is 0 Å². The van der Waals surface area contributed by atoms with Crippen LogP contribution in [0.5, 0.6) is 0 Å². The number of hydrogen-bond acceptors (Lipinski definition) is 4. The predicted octanol–water partition coefficient (Wildman–Crippen LogP) is 1.50. The molecule has 154 valence electrons. The zero-order valence-corrected chi connectivity index (χ0v) is 16.8. The number of nitrogens with one attached hydrogen (secondary N) is 1. The maximum atomic E-state index is 12.6. The SMILES string of the molecule is O=C(NCCCn1ccnc1)[C@@H]1CCCN(C2CCN(C(=O)C3CC3)CC2)C1. The van der Waals surface area contributed by atoms with Gasteiger partial charge in [0.05, 0.1) is 12.2 Å². The maximum Gasteiger partial charge on any atom is 0.225 e. The van der Waals surface area contributed by atoms with Gasteiger partial charge in [0.25, 0.3) is 0 Å². The van der Waals surface area contributed by atoms with E-state index >= 15 is 0 Å². The molecule has 2 saturated heterocycles. The molecule has 1 atom stereocenters. The highest BCUT2D eigenvalue weighted by molar-refractivity contribution is 5.81. The Morgan fingerprint density at radius 2 is 1.86 bits per heavy atom. The molecular formula is C21H33N5O2. The van der Waals surface area contributed by atoms with Gasteiger partial charge in [0, 0.05) is 57.1 Å². The number of piperidine rings is 2. The van der Waals surface area contributed by atoms with Gasteiger partial charge < -0.3 is 14.8 Å². The van der Waals surface area contributed by atoms with E-state index in [-0.39, 0.29) is 11.8 Å². The van der Waals surface area contributed by atoms with E-state index in [0.717, 1.165) is 84.2 Å². The van der Waals surface area contributed by atoms with Crippen LogP contribution in [0.4, 0.5) is 0 Å². The second-order valence-electron chi connectivity index (χ2n) is 8.61. The third-order valence-electron chi connectivity index (χ3n) is 6.49. The molecule has 1 N–H and O–H groups in total. The molecule has 4 rings (SSSR count). The van der Waals surface area contributed by atoms with E-state index in [2.05, 4.69) is 20.1 Å². The fourth-order valence-corrected chi connectivity index (χ4v) is 4.63. The fraction of sp³-hybridized carbons (Fsp3) is 0.762. The molecule has 2 aliphatic heterocycles. The standard InChI is InChI=1S/C21H33N5O2/c27-20(23-8-2-10-24-14-9-22-16-24)18-3-1-11-26(15-18)19-6-12-25(13-7-19)21(28)17-4-5-17/h9,14,16-19H,1-8,10-13,15H2,(H,23,27)/t18-/m1/s1. The molecule has 7 nitrogen and oxygen atoms in total. The van der Waals surface area contributed by atoms with E-state index in [9.17, 15) is 9.59 Å². The molecule has 1 saturated carbocycles. The molecule has 0 radical (unpaired) electrons. The summed E-state index contributed by atoms with van der Waals surface area (Å²) in [5, 5.41) is 3.13. The minimum atomic E-state index is 0.105. The van der Waals surface area contributed by atoms with Crippen molar-refractivity contribution in [1.29, 1.82) is 0 Å². The first-order valence-corrected chi connectivity index (χ1v) is 11.0. The second-order valence-corrected chi connectivity index (χ2v) is 8.61. The molecular weight excluding hydrogens is 354 g/mol. The van der Waals surface area contributed by atoms with Crippen LogP contribution in [0.1, 0.15) is 44.9 Å². The number of aryl methyl sites for hydroxylation is 1. The Labute approximate surface area is 167 Å². The van der Waals surface area contributed by atoms with Gasteiger partial charge in [-0.05, 0) is 51.5 Å². The van der Waals surface area contributed by atoms with Crippen LogP contribution >= 0.6 is 0 Å². The summed E-state index contributed by atoms with van der Waals surface area (Å²) in [5.74, 6) is 1.02. The molecule has 0 spiro atoms. The Balaban J connectivity index is 1.17. The molecule has 28 heavy (non-hydrogen) atoms. The summed E-state index contributed by atoms with van der Waals surface area (Å²) >= 11 is 0. The highest BCUT2D eigenvalue weighted by Crippen LogP contribution is 2.32. The molecule has 3 fully saturated rings. The molecule has 0 unspecified atom stereocenters. The Bertz CT molecular complexity index is 650. The van der Waals surface area contributed by atoms with Crippen molar-refractivity contribution < 1.29 is 9.59 Å². The van der Waals surface area contributed by atoms with Crippen LogP contribution in [0.15, 0.2) is 18.7 Å². The van der Waals surface area contributed by atoms with Crippen molar-refractivity contribution in [3.63, 3.8) is 0 Å². The van der Waals surface area contributed by atoms with Gasteiger partial charge in [-0.15, -0.1) is 0 Å². The fourth-order valence-electron chi connectivity index (χ4n) is 4.63. The summed E-state index contributed by atoms with van der Waals surface area (Å²) in [4.78, 5) is 33.5. The van der Waals surface area contributed by atoms with Crippen molar-refractivity contribution in [3.05, 3.63) is 18.7 Å². The predicted molar refractivity (Wildman–Crippen MR) is 106 cm³/mol. The first-order chi connectivity index (χ1) is 13.7. The normalized spacial score (nSPS) is 24.3. The highest BCUT2D eigenvalue weighted by atomic mass is 16.2. The number of rotatable bonds is 7. The number of hydrogen-bond donors (Lipinski definition) is 1. The number of likely N-dealkylation sites (tertiary alicyclic amines) is 2. The largest absolute Gasteiger partial charge is 0.356 e. The van der Waals surface area contributed by atoms with Crippen molar-refractivity contribution >= 4 is 11.8 Å². The first kappa shape index (κ1) is 19.4. The van der Waals surface area contributed by atoms with Gasteiger partial charge in [0.1, 0.15) is 0 Å². The van der Waals surface area contributed by atoms with Crippen molar-refractivity contribution in [2.75, 3.05) is 32.7 Å². The zero-order valence-electron chi connectivity index (χ0n) is 16.8. The molecule has 1 aliphatic carbocycles. The van der Waals surface area contributed by atoms with Crippen molar-refractivity contribution in [2.24, 2.45) is 11.8 Å². The van der Waals surface area contributed by atoms with Crippen LogP contribution < -0.4 is 5.32 Å². The summed E-state index contributed by atoms with van der Waals surface area (Å²) < 4.78 is 2.04. The highest BCUT2D eigenvalue weighted by Gasteiger charge is 2.37. The molecule has 3 aliphatic rings. The molecule has 7 heteroatoms. The first-order valence-electron chi connectivity index (χ1n) is 11.0. The lowest BCUT2D eigenvalue weighted by Crippen LogP contribution is -2.51. The lowest BCUT2D eigenvalue weighted by Gasteiger charge is -2.42. The Morgan fingerprint density at radius 3 is 2.57 bits per heavy atom. The van der Waals surface area contributed by atoms with E-state index in [4.69, 9.17) is 0 Å². The van der Waals surface area contributed by atoms with Crippen LogP contribution in [0.25, 0.3) is 0 Å². The number of carbonyl (C=O) groups is 2. The lowest BCUT2D eigenvalue weighted by molar-refractivity contribution is -0.134. The molecule has 0 aromatic carbocycles. The average Bonchev–Trinajstić information content (AvgIpc) is 3.46. The maximum absolute atomic E-state index is 12.6. The molecule has 1 aromatic rings. The summed E-state index contributed by atoms with van der Waals surface area (Å²) in [6.45, 7) is 5.34. The van der Waals surface area contributed by atoms with Crippen molar-refractivity contribution in [3.8, 4) is 0 Å². The summed E-state index contributed by atoms with van der Waals surface area (Å²) in [5.41, 5.74) is 0. The molecule has 3 heterocycles. The van der Waals surface area contributed by atoms with E-state index in [0.29, 0.717) is 17.9 Å². The summed E-state index contributed by atoms with van der Waals surface area (Å²) in [6.07, 6.45) is 12.8. The Morgan fingerprint density at radius 1 is 1.04 bits per heavy atom. The molecule has 2 amide bonds. The third-order valence-corrected chi connectivity index (χ3v) is 6.49. The Hall–Kier alpha value is -1.89. The molecule has 1 aromatic heterocycles. The third kappa shape index (κ3) is 4.93. The zero-order chi connectivity index (χ0) is 19.3. The minimum absolute atomic E-state index is 0.105. The number of carbonyl (C=O) groups excluding carboxylic acids is 2. The Kier molecular flexibility index (Phi) is 6.29. The smallest absolute Gasteiger partial charge is 0.225 e. The number of imidazole rings is 1.